The molecule has 1 N–H and O–H groups in total. The Kier molecular flexibility index (Phi) is 3.99. The van der Waals surface area contributed by atoms with Crippen molar-refractivity contribution in [3.63, 3.8) is 0 Å². The van der Waals surface area contributed by atoms with Crippen molar-refractivity contribution in [3.8, 4) is 5.75 Å². The van der Waals surface area contributed by atoms with E-state index in [-0.39, 0.29) is 5.91 Å². The second-order valence-corrected chi connectivity index (χ2v) is 4.79. The monoisotopic (exact) mass is 267 g/mol. The van der Waals surface area contributed by atoms with E-state index >= 15 is 0 Å². The Morgan fingerprint density at radius 2 is 2.17 bits per heavy atom. The van der Waals surface area contributed by atoms with Crippen LogP contribution in [0.25, 0.3) is 0 Å². The first kappa shape index (κ1) is 12.6. The molecule has 0 radical (unpaired) electrons. The second-order valence-electron chi connectivity index (χ2n) is 3.93. The van der Waals surface area contributed by atoms with Crippen molar-refractivity contribution in [1.82, 2.24) is 0 Å². The van der Waals surface area contributed by atoms with Crippen LogP contribution in [0.2, 0.25) is 0 Å². The quantitative estimate of drug-likeness (QED) is 0.653. The summed E-state index contributed by atoms with van der Waals surface area (Å²) in [5.41, 5.74) is 1.87. The molecule has 1 aromatic rings. The van der Waals surface area contributed by atoms with Gasteiger partial charge in [0.2, 0.25) is 16.2 Å². The van der Waals surface area contributed by atoms with Crippen molar-refractivity contribution < 1.29 is 17.9 Å². The van der Waals surface area contributed by atoms with E-state index in [0.717, 1.165) is 11.3 Å². The van der Waals surface area contributed by atoms with Crippen LogP contribution in [-0.2, 0) is 21.5 Å². The zero-order chi connectivity index (χ0) is 13.0. The number of hydrogen-bond acceptors (Lipinski definition) is 4. The highest BCUT2D eigenvalue weighted by Gasteiger charge is 2.14. The molecule has 0 unspecified atom stereocenters. The average molecular weight is 267 g/mol. The number of rotatable bonds is 4. The van der Waals surface area contributed by atoms with Gasteiger partial charge in [-0.3, -0.25) is 4.79 Å². The smallest absolute Gasteiger partial charge is 0.224 e. The predicted molar refractivity (Wildman–Crippen MR) is 68.5 cm³/mol. The van der Waals surface area contributed by atoms with Crippen molar-refractivity contribution >= 4 is 27.3 Å². The van der Waals surface area contributed by atoms with Crippen LogP contribution in [-0.4, -0.2) is 26.3 Å². The fraction of sp³-hybridized carbons (Fsp3) is 0.333. The first-order chi connectivity index (χ1) is 8.65. The summed E-state index contributed by atoms with van der Waals surface area (Å²) in [5.74, 6) is 0.721. The summed E-state index contributed by atoms with van der Waals surface area (Å²) in [6.45, 7) is 0.319. The Morgan fingerprint density at radius 3 is 2.94 bits per heavy atom. The van der Waals surface area contributed by atoms with Gasteiger partial charge in [-0.25, -0.2) is 0 Å². The fourth-order valence-corrected chi connectivity index (χ4v) is 2.06. The molecule has 0 aromatic heterocycles. The number of ether oxygens (including phenoxy) is 1. The highest BCUT2D eigenvalue weighted by Crippen LogP contribution is 2.26. The van der Waals surface area contributed by atoms with Gasteiger partial charge in [-0.2, -0.15) is 8.42 Å². The highest BCUT2D eigenvalue weighted by molar-refractivity contribution is 7.71. The summed E-state index contributed by atoms with van der Waals surface area (Å²) in [7, 11) is -2.13. The Labute approximate surface area is 106 Å². The minimum Gasteiger partial charge on any atom is -0.493 e. The molecule has 0 saturated carbocycles. The predicted octanol–water partition coefficient (Wildman–Crippen LogP) is 1.02. The SMILES string of the molecule is O=C1CCc2cc(OCCC=S(=O)=O)ccc2N1. The largest absolute Gasteiger partial charge is 0.493 e. The highest BCUT2D eigenvalue weighted by atomic mass is 32.2. The molecule has 0 spiro atoms. The number of carbonyl (C=O) groups is 1. The molecule has 1 aliphatic heterocycles. The van der Waals surface area contributed by atoms with Gasteiger partial charge >= 0.3 is 0 Å². The third-order valence-corrected chi connectivity index (χ3v) is 3.12. The number of hydrogen-bond donors (Lipinski definition) is 1. The minimum atomic E-state index is -2.13. The Bertz CT molecular complexity index is 584. The molecular weight excluding hydrogens is 254 g/mol. The Hall–Kier alpha value is -1.82. The summed E-state index contributed by atoms with van der Waals surface area (Å²) in [4.78, 5) is 11.2. The van der Waals surface area contributed by atoms with Gasteiger partial charge < -0.3 is 10.1 Å². The summed E-state index contributed by atoms with van der Waals surface area (Å²) >= 11 is 0. The molecule has 1 aromatic carbocycles. The molecule has 96 valence electrons. The molecule has 0 aliphatic carbocycles. The van der Waals surface area contributed by atoms with E-state index in [1.165, 1.54) is 5.37 Å². The van der Waals surface area contributed by atoms with Crippen LogP contribution in [0.3, 0.4) is 0 Å². The van der Waals surface area contributed by atoms with Crippen LogP contribution in [0.15, 0.2) is 18.2 Å². The summed E-state index contributed by atoms with van der Waals surface area (Å²) < 4.78 is 26.0. The lowest BCUT2D eigenvalue weighted by atomic mass is 10.0. The number of fused-ring (bicyclic) bond motifs is 1. The van der Waals surface area contributed by atoms with E-state index in [1.54, 1.807) is 12.1 Å². The van der Waals surface area contributed by atoms with Crippen LogP contribution in [0.1, 0.15) is 18.4 Å². The average Bonchev–Trinajstić information content (AvgIpc) is 2.34. The first-order valence-corrected chi connectivity index (χ1v) is 6.76. The van der Waals surface area contributed by atoms with Crippen LogP contribution in [0, 0.1) is 0 Å². The molecule has 0 atom stereocenters. The number of carbonyl (C=O) groups excluding carboxylic acids is 1. The maximum atomic E-state index is 11.2. The van der Waals surface area contributed by atoms with Crippen molar-refractivity contribution in [3.05, 3.63) is 23.8 Å². The molecule has 5 nitrogen and oxygen atoms in total. The van der Waals surface area contributed by atoms with E-state index in [9.17, 15) is 13.2 Å². The van der Waals surface area contributed by atoms with Gasteiger partial charge in [0, 0.05) is 23.9 Å². The third kappa shape index (κ3) is 3.33. The van der Waals surface area contributed by atoms with E-state index in [4.69, 9.17) is 4.74 Å². The summed E-state index contributed by atoms with van der Waals surface area (Å²) in [6, 6.07) is 5.44. The Morgan fingerprint density at radius 1 is 1.33 bits per heavy atom. The van der Waals surface area contributed by atoms with Gasteiger partial charge in [0.05, 0.1) is 6.61 Å². The van der Waals surface area contributed by atoms with Gasteiger partial charge in [0.25, 0.3) is 0 Å². The lowest BCUT2D eigenvalue weighted by Gasteiger charge is -2.17. The van der Waals surface area contributed by atoms with Crippen LogP contribution < -0.4 is 10.1 Å². The van der Waals surface area contributed by atoms with E-state index < -0.39 is 10.3 Å². The van der Waals surface area contributed by atoms with E-state index in [2.05, 4.69) is 5.32 Å². The van der Waals surface area contributed by atoms with Crippen LogP contribution in [0.4, 0.5) is 5.69 Å². The van der Waals surface area contributed by atoms with Gasteiger partial charge in [-0.05, 0) is 30.2 Å². The van der Waals surface area contributed by atoms with Gasteiger partial charge in [-0.1, -0.05) is 0 Å². The van der Waals surface area contributed by atoms with E-state index in [0.29, 0.717) is 31.6 Å². The minimum absolute atomic E-state index is 0.0312. The van der Waals surface area contributed by atoms with Gasteiger partial charge in [0.15, 0.2) is 0 Å². The van der Waals surface area contributed by atoms with Crippen LogP contribution >= 0.6 is 0 Å². The lowest BCUT2D eigenvalue weighted by molar-refractivity contribution is -0.116. The second kappa shape index (κ2) is 5.68. The fourth-order valence-electron chi connectivity index (χ4n) is 1.77. The molecule has 0 saturated heterocycles. The lowest BCUT2D eigenvalue weighted by Crippen LogP contribution is -2.18. The summed E-state index contributed by atoms with van der Waals surface area (Å²) in [6.07, 6.45) is 1.54. The van der Waals surface area contributed by atoms with Crippen LogP contribution in [0.5, 0.6) is 5.75 Å². The molecule has 2 rings (SSSR count). The van der Waals surface area contributed by atoms with Gasteiger partial charge in [-0.15, -0.1) is 0 Å². The first-order valence-electron chi connectivity index (χ1n) is 5.62. The Balaban J connectivity index is 1.99. The molecule has 1 aliphatic rings. The molecule has 18 heavy (non-hydrogen) atoms. The van der Waals surface area contributed by atoms with Crippen molar-refractivity contribution in [1.29, 1.82) is 0 Å². The zero-order valence-corrected chi connectivity index (χ0v) is 10.5. The molecule has 0 bridgehead atoms. The molecular formula is C12H13NO4S. The number of nitrogens with one attached hydrogen (secondary N) is 1. The summed E-state index contributed by atoms with van der Waals surface area (Å²) in [5, 5.41) is 3.95. The topological polar surface area (TPSA) is 72.5 Å². The van der Waals surface area contributed by atoms with Crippen molar-refractivity contribution in [2.24, 2.45) is 0 Å². The number of aryl methyl sites for hydroxylation is 1. The van der Waals surface area contributed by atoms with Crippen molar-refractivity contribution in [2.75, 3.05) is 11.9 Å². The number of amides is 1. The molecule has 1 heterocycles. The normalized spacial score (nSPS) is 13.4. The van der Waals surface area contributed by atoms with Crippen molar-refractivity contribution in [2.45, 2.75) is 19.3 Å². The molecule has 0 fully saturated rings. The van der Waals surface area contributed by atoms with E-state index in [1.807, 2.05) is 6.07 Å². The molecule has 6 heteroatoms. The standard InChI is InChI=1S/C12H13NO4S/c14-12-5-2-9-8-10(3-4-11(9)13-12)17-6-1-7-18(15)16/h3-4,7-8H,1-2,5-6H2,(H,13,14). The van der Waals surface area contributed by atoms with Gasteiger partial charge in [0.1, 0.15) is 5.75 Å². The third-order valence-electron chi connectivity index (χ3n) is 2.61. The maximum Gasteiger partial charge on any atom is 0.224 e. The number of anilines is 1. The maximum absolute atomic E-state index is 11.2. The molecule has 1 amide bonds. The number of benzene rings is 1. The zero-order valence-electron chi connectivity index (χ0n) is 9.68.